The van der Waals surface area contributed by atoms with Crippen molar-refractivity contribution in [2.75, 3.05) is 46.5 Å². The Morgan fingerprint density at radius 1 is 0.647 bits per heavy atom. The van der Waals surface area contributed by atoms with Gasteiger partial charge in [0.15, 0.2) is 0 Å². The van der Waals surface area contributed by atoms with Gasteiger partial charge in [-0.15, -0.1) is 0 Å². The molecule has 51 heavy (non-hydrogen) atoms. The van der Waals surface area contributed by atoms with E-state index in [0.717, 1.165) is 96.3 Å². The second-order valence-electron chi connectivity index (χ2n) is 13.3. The van der Waals surface area contributed by atoms with E-state index in [1.807, 2.05) is 9.80 Å². The molecule has 2 aliphatic rings. The van der Waals surface area contributed by atoms with Crippen molar-refractivity contribution < 1.29 is 48.1 Å². The average molecular weight is 727 g/mol. The lowest BCUT2D eigenvalue weighted by Crippen LogP contribution is -2.38. The Hall–Kier alpha value is -3.58. The second-order valence-corrected chi connectivity index (χ2v) is 13.3. The number of hydrogen-bond acceptors (Lipinski definition) is 9. The van der Waals surface area contributed by atoms with Crippen LogP contribution in [0.1, 0.15) is 142 Å². The first kappa shape index (κ1) is 45.4. The zero-order chi connectivity index (χ0) is 37.7. The Kier molecular flexibility index (Phi) is 25.9. The number of likely N-dealkylation sites (tertiary alicyclic amines) is 2. The fourth-order valence-electron chi connectivity index (χ4n) is 6.04. The van der Waals surface area contributed by atoms with Crippen LogP contribution in [0.3, 0.4) is 0 Å². The van der Waals surface area contributed by atoms with Crippen molar-refractivity contribution in [2.45, 2.75) is 154 Å². The van der Waals surface area contributed by atoms with E-state index in [2.05, 4.69) is 29.2 Å². The van der Waals surface area contributed by atoms with Gasteiger partial charge in [-0.3, -0.25) is 19.2 Å². The van der Waals surface area contributed by atoms with E-state index in [1.165, 1.54) is 7.11 Å². The normalized spacial score (nSPS) is 16.8. The van der Waals surface area contributed by atoms with Crippen molar-refractivity contribution in [1.29, 1.82) is 0 Å². The fourth-order valence-corrected chi connectivity index (χ4v) is 6.04. The molecule has 2 atom stereocenters. The van der Waals surface area contributed by atoms with Gasteiger partial charge in [-0.1, -0.05) is 65.2 Å². The molecule has 2 saturated heterocycles. The van der Waals surface area contributed by atoms with Crippen LogP contribution in [0.15, 0.2) is 0 Å². The van der Waals surface area contributed by atoms with Crippen LogP contribution in [-0.4, -0.2) is 109 Å². The summed E-state index contributed by atoms with van der Waals surface area (Å²) in [5.41, 5.74) is 0. The summed E-state index contributed by atoms with van der Waals surface area (Å²) in [7, 11) is 1.40. The largest absolute Gasteiger partial charge is 0.481 e. The number of carbonyl (C=O) groups is 6. The van der Waals surface area contributed by atoms with Crippen molar-refractivity contribution in [2.24, 2.45) is 0 Å². The Morgan fingerprint density at radius 3 is 1.49 bits per heavy atom. The number of ether oxygens (including phenoxy) is 3. The summed E-state index contributed by atoms with van der Waals surface area (Å²) in [6.07, 6.45) is 15.5. The average Bonchev–Trinajstić information content (AvgIpc) is 3.66. The molecule has 2 heterocycles. The molecule has 294 valence electrons. The number of aliphatic carboxylic acids is 1. The summed E-state index contributed by atoms with van der Waals surface area (Å²) >= 11 is 0. The highest BCUT2D eigenvalue weighted by atomic mass is 16.6. The molecule has 0 aromatic heterocycles. The third kappa shape index (κ3) is 22.1. The van der Waals surface area contributed by atoms with Gasteiger partial charge in [0.1, 0.15) is 13.2 Å². The van der Waals surface area contributed by atoms with E-state index in [9.17, 15) is 28.8 Å². The number of carbonyl (C=O) groups excluding carboxylic acids is 5. The van der Waals surface area contributed by atoms with E-state index in [0.29, 0.717) is 51.9 Å². The molecule has 4 amide bonds. The number of rotatable bonds is 26. The van der Waals surface area contributed by atoms with E-state index >= 15 is 0 Å². The van der Waals surface area contributed by atoms with Gasteiger partial charge < -0.3 is 39.8 Å². The summed E-state index contributed by atoms with van der Waals surface area (Å²) in [6, 6.07) is -0.0492. The zero-order valence-electron chi connectivity index (χ0n) is 31.6. The number of unbranched alkanes of at least 4 members (excludes halogenated alkanes) is 10. The predicted octanol–water partition coefficient (Wildman–Crippen LogP) is 5.95. The molecule has 0 aromatic carbocycles. The van der Waals surface area contributed by atoms with Crippen molar-refractivity contribution in [1.82, 2.24) is 20.4 Å². The van der Waals surface area contributed by atoms with Crippen molar-refractivity contribution in [3.8, 4) is 0 Å². The molecule has 0 aromatic rings. The smallest absolute Gasteiger partial charge is 0.407 e. The van der Waals surface area contributed by atoms with Crippen LogP contribution in [0.2, 0.25) is 0 Å². The van der Waals surface area contributed by atoms with Crippen LogP contribution in [0.4, 0.5) is 9.59 Å². The van der Waals surface area contributed by atoms with Crippen LogP contribution in [0.25, 0.3) is 0 Å². The number of methoxy groups -OCH3 is 1. The van der Waals surface area contributed by atoms with Gasteiger partial charge >= 0.3 is 24.1 Å². The molecule has 0 radical (unpaired) electrons. The van der Waals surface area contributed by atoms with Crippen molar-refractivity contribution >= 4 is 35.9 Å². The van der Waals surface area contributed by atoms with Crippen molar-refractivity contribution in [3.63, 3.8) is 0 Å². The van der Waals surface area contributed by atoms with Gasteiger partial charge in [-0.05, 0) is 51.4 Å². The van der Waals surface area contributed by atoms with Gasteiger partial charge in [0.25, 0.3) is 0 Å². The summed E-state index contributed by atoms with van der Waals surface area (Å²) in [5, 5.41) is 14.1. The maximum absolute atomic E-state index is 12.0. The van der Waals surface area contributed by atoms with Gasteiger partial charge in [0.05, 0.1) is 19.2 Å². The molecule has 2 aliphatic heterocycles. The van der Waals surface area contributed by atoms with Crippen LogP contribution < -0.4 is 10.6 Å². The van der Waals surface area contributed by atoms with E-state index in [4.69, 9.17) is 14.6 Å². The summed E-state index contributed by atoms with van der Waals surface area (Å²) in [5.74, 6) is -0.691. The maximum atomic E-state index is 12.0. The zero-order valence-corrected chi connectivity index (χ0v) is 31.6. The highest BCUT2D eigenvalue weighted by Crippen LogP contribution is 2.21. The lowest BCUT2D eigenvalue weighted by molar-refractivity contribution is -0.141. The Labute approximate surface area is 305 Å². The van der Waals surface area contributed by atoms with Crippen LogP contribution >= 0.6 is 0 Å². The number of hydrogen-bond donors (Lipinski definition) is 3. The predicted molar refractivity (Wildman–Crippen MR) is 193 cm³/mol. The SMILES string of the molecule is CCCCCNC(=O)OC[C@H]1CCC(=O)N1CCCCCCC(=O)O.CCCCCNC(=O)OC[C@H]1CCC(=O)N1CCCCCCC(=O)OC. The number of nitrogens with zero attached hydrogens (tertiary/aromatic N) is 2. The lowest BCUT2D eigenvalue weighted by atomic mass is 10.1. The Balaban J connectivity index is 0.000000510. The Bertz CT molecular complexity index is 1030. The number of nitrogens with one attached hydrogen (secondary N) is 2. The van der Waals surface area contributed by atoms with Gasteiger partial charge in [-0.2, -0.15) is 0 Å². The minimum Gasteiger partial charge on any atom is -0.481 e. The molecule has 14 nitrogen and oxygen atoms in total. The molecule has 0 unspecified atom stereocenters. The minimum absolute atomic E-state index is 0.0149. The number of amides is 4. The molecule has 2 fully saturated rings. The monoisotopic (exact) mass is 726 g/mol. The highest BCUT2D eigenvalue weighted by molar-refractivity contribution is 5.79. The molecular formula is C37H66N4O10. The fraction of sp³-hybridized carbons (Fsp3) is 0.838. The van der Waals surface area contributed by atoms with Crippen LogP contribution in [0.5, 0.6) is 0 Å². The van der Waals surface area contributed by atoms with Gasteiger partial charge in [-0.25, -0.2) is 9.59 Å². The number of alkyl carbamates (subject to hydrolysis) is 2. The first-order chi connectivity index (χ1) is 24.6. The maximum Gasteiger partial charge on any atom is 0.407 e. The lowest BCUT2D eigenvalue weighted by Gasteiger charge is -2.24. The van der Waals surface area contributed by atoms with Crippen molar-refractivity contribution in [3.05, 3.63) is 0 Å². The number of carboxylic acids is 1. The third-order valence-corrected chi connectivity index (χ3v) is 9.12. The van der Waals surface area contributed by atoms with Crippen LogP contribution in [-0.2, 0) is 33.4 Å². The summed E-state index contributed by atoms with van der Waals surface area (Å²) in [4.78, 5) is 72.5. The number of carboxylic acid groups (broad SMARTS) is 1. The first-order valence-electron chi connectivity index (χ1n) is 19.3. The molecule has 3 N–H and O–H groups in total. The highest BCUT2D eigenvalue weighted by Gasteiger charge is 2.32. The first-order valence-corrected chi connectivity index (χ1v) is 19.3. The molecule has 2 rings (SSSR count). The second kappa shape index (κ2) is 29.0. The topological polar surface area (TPSA) is 181 Å². The van der Waals surface area contributed by atoms with Crippen LogP contribution in [0, 0.1) is 0 Å². The molecule has 0 spiro atoms. The standard InChI is InChI=1S/C19H34N2O5.C18H32N2O5/c1-3-4-8-13-20-19(24)26-15-16-11-12-17(22)21(16)14-9-6-5-7-10-18(23)25-2;1-2-3-7-12-19-18(24)25-14-15-10-11-16(21)20(15)13-8-5-4-6-9-17(22)23/h16H,3-15H2,1-2H3,(H,20,24);15H,2-14H2,1H3,(H,19,24)(H,22,23)/t16-;15-/m11/s1. The molecule has 14 heteroatoms. The van der Waals surface area contributed by atoms with Gasteiger partial charge in [0, 0.05) is 51.9 Å². The molecule has 0 saturated carbocycles. The van der Waals surface area contributed by atoms with E-state index in [1.54, 1.807) is 0 Å². The third-order valence-electron chi connectivity index (χ3n) is 9.12. The van der Waals surface area contributed by atoms with Gasteiger partial charge in [0.2, 0.25) is 11.8 Å². The molecule has 0 aliphatic carbocycles. The molecule has 0 bridgehead atoms. The van der Waals surface area contributed by atoms with E-state index < -0.39 is 18.2 Å². The minimum atomic E-state index is -0.764. The van der Waals surface area contributed by atoms with E-state index in [-0.39, 0.29) is 49.5 Å². The molecular weight excluding hydrogens is 660 g/mol. The summed E-state index contributed by atoms with van der Waals surface area (Å²) in [6.45, 7) is 7.31. The Morgan fingerprint density at radius 2 is 1.08 bits per heavy atom. The number of esters is 1. The quantitative estimate of drug-likeness (QED) is 0.0548. The summed E-state index contributed by atoms with van der Waals surface area (Å²) < 4.78 is 15.1.